The van der Waals surface area contributed by atoms with Crippen molar-refractivity contribution in [1.82, 2.24) is 0 Å². The topological polar surface area (TPSA) is 20.3 Å². The molecule has 0 fully saturated rings. The number of nitrogens with zero attached hydrogens (tertiary/aromatic N) is 1. The second-order valence-corrected chi connectivity index (χ2v) is 5.36. The third-order valence-electron chi connectivity index (χ3n) is 4.29. The van der Waals surface area contributed by atoms with E-state index in [1.165, 1.54) is 11.1 Å². The van der Waals surface area contributed by atoms with Gasteiger partial charge in [-0.3, -0.25) is 4.79 Å². The fourth-order valence-electron chi connectivity index (χ4n) is 3.36. The van der Waals surface area contributed by atoms with Crippen LogP contribution in [0.5, 0.6) is 0 Å². The highest BCUT2D eigenvalue weighted by molar-refractivity contribution is 6.09. The number of anilines is 1. The van der Waals surface area contributed by atoms with E-state index in [4.69, 9.17) is 0 Å². The lowest BCUT2D eigenvalue weighted by molar-refractivity contribution is 0.0963. The minimum atomic E-state index is 0.166. The largest absolute Gasteiger partial charge is 0.305 e. The lowest BCUT2D eigenvalue weighted by atomic mass is 9.86. The summed E-state index contributed by atoms with van der Waals surface area (Å²) in [7, 11) is 0. The molecule has 0 spiro atoms. The van der Waals surface area contributed by atoms with Crippen molar-refractivity contribution < 1.29 is 4.79 Å². The summed E-state index contributed by atoms with van der Waals surface area (Å²) in [6.07, 6.45) is 3.13. The van der Waals surface area contributed by atoms with E-state index >= 15 is 0 Å². The van der Waals surface area contributed by atoms with Gasteiger partial charge in [-0.25, -0.2) is 0 Å². The van der Waals surface area contributed by atoms with Gasteiger partial charge in [-0.1, -0.05) is 36.4 Å². The Kier molecular flexibility index (Phi) is 2.25. The second-order valence-electron chi connectivity index (χ2n) is 5.36. The van der Waals surface area contributed by atoms with E-state index in [1.807, 2.05) is 29.2 Å². The Morgan fingerprint density at radius 3 is 2.58 bits per heavy atom. The van der Waals surface area contributed by atoms with Gasteiger partial charge in [-0.05, 0) is 42.5 Å². The molecule has 0 aliphatic carbocycles. The number of hydrogen-bond donors (Lipinski definition) is 0. The van der Waals surface area contributed by atoms with Crippen molar-refractivity contribution in [2.45, 2.75) is 25.3 Å². The molecule has 0 saturated carbocycles. The predicted octanol–water partition coefficient (Wildman–Crippen LogP) is 3.20. The molecule has 1 atom stereocenters. The Morgan fingerprint density at radius 1 is 0.947 bits per heavy atom. The van der Waals surface area contributed by atoms with Gasteiger partial charge in [-0.2, -0.15) is 0 Å². The first kappa shape index (κ1) is 10.8. The fraction of sp³-hybridized carbons (Fsp3) is 0.235. The van der Waals surface area contributed by atoms with E-state index in [-0.39, 0.29) is 5.91 Å². The Morgan fingerprint density at radius 2 is 1.68 bits per heavy atom. The molecule has 2 heteroatoms. The normalized spacial score (nSPS) is 20.5. The van der Waals surface area contributed by atoms with Crippen molar-refractivity contribution >= 4 is 11.6 Å². The number of aryl methyl sites for hydroxylation is 1. The summed E-state index contributed by atoms with van der Waals surface area (Å²) < 4.78 is 0. The van der Waals surface area contributed by atoms with Gasteiger partial charge in [0.05, 0.1) is 0 Å². The van der Waals surface area contributed by atoms with Crippen LogP contribution in [0.3, 0.4) is 0 Å². The number of carbonyl (C=O) groups excluding carboxylic acids is 1. The number of amides is 1. The van der Waals surface area contributed by atoms with Crippen LogP contribution in [-0.2, 0) is 12.8 Å². The number of fused-ring (bicyclic) bond motifs is 4. The molecule has 0 radical (unpaired) electrons. The Balaban J connectivity index is 1.87. The molecule has 2 aromatic carbocycles. The molecule has 2 heterocycles. The maximum absolute atomic E-state index is 12.7. The third-order valence-corrected chi connectivity index (χ3v) is 4.29. The number of benzene rings is 2. The van der Waals surface area contributed by atoms with Gasteiger partial charge >= 0.3 is 0 Å². The standard InChI is InChI=1S/C17H15NO/c19-17-15-7-3-1-6-13(15)11-14-10-9-12-5-2-4-8-16(12)18(14)17/h1-8,14H,9-11H2. The van der Waals surface area contributed by atoms with Gasteiger partial charge in [0.25, 0.3) is 5.91 Å². The molecule has 2 nitrogen and oxygen atoms in total. The quantitative estimate of drug-likeness (QED) is 0.702. The van der Waals surface area contributed by atoms with Crippen molar-refractivity contribution in [3.63, 3.8) is 0 Å². The van der Waals surface area contributed by atoms with Crippen LogP contribution in [0.15, 0.2) is 48.5 Å². The van der Waals surface area contributed by atoms with E-state index in [9.17, 15) is 4.79 Å². The molecule has 0 aromatic heterocycles. The lowest BCUT2D eigenvalue weighted by Gasteiger charge is -2.41. The molecule has 4 rings (SSSR count). The van der Waals surface area contributed by atoms with Crippen molar-refractivity contribution in [3.8, 4) is 0 Å². The molecule has 19 heavy (non-hydrogen) atoms. The van der Waals surface area contributed by atoms with Crippen molar-refractivity contribution in [1.29, 1.82) is 0 Å². The van der Waals surface area contributed by atoms with E-state index < -0.39 is 0 Å². The first-order chi connectivity index (χ1) is 9.34. The zero-order valence-electron chi connectivity index (χ0n) is 10.7. The summed E-state index contributed by atoms with van der Waals surface area (Å²) in [6.45, 7) is 0. The van der Waals surface area contributed by atoms with Crippen molar-refractivity contribution in [2.24, 2.45) is 0 Å². The van der Waals surface area contributed by atoms with Crippen molar-refractivity contribution in [3.05, 3.63) is 65.2 Å². The minimum Gasteiger partial charge on any atom is -0.305 e. The summed E-state index contributed by atoms with van der Waals surface area (Å²) >= 11 is 0. The zero-order chi connectivity index (χ0) is 12.8. The fourth-order valence-corrected chi connectivity index (χ4v) is 3.36. The molecule has 94 valence electrons. The maximum Gasteiger partial charge on any atom is 0.258 e. The summed E-state index contributed by atoms with van der Waals surface area (Å²) in [5, 5.41) is 0. The summed E-state index contributed by atoms with van der Waals surface area (Å²) in [5.74, 6) is 0.166. The third kappa shape index (κ3) is 1.53. The SMILES string of the molecule is O=C1c2ccccc2CC2CCc3ccccc3N12. The first-order valence-electron chi connectivity index (χ1n) is 6.84. The Labute approximate surface area is 112 Å². The molecule has 2 aliphatic rings. The average Bonchev–Trinajstić information content (AvgIpc) is 2.47. The van der Waals surface area contributed by atoms with Crippen LogP contribution in [0.2, 0.25) is 0 Å². The smallest absolute Gasteiger partial charge is 0.258 e. The average molecular weight is 249 g/mol. The molecule has 2 aliphatic heterocycles. The van der Waals surface area contributed by atoms with Crippen LogP contribution in [0.4, 0.5) is 5.69 Å². The first-order valence-corrected chi connectivity index (χ1v) is 6.84. The molecule has 0 bridgehead atoms. The van der Waals surface area contributed by atoms with Gasteiger partial charge < -0.3 is 4.90 Å². The predicted molar refractivity (Wildman–Crippen MR) is 75.5 cm³/mol. The summed E-state index contributed by atoms with van der Waals surface area (Å²) in [6, 6.07) is 16.6. The van der Waals surface area contributed by atoms with Crippen molar-refractivity contribution in [2.75, 3.05) is 4.90 Å². The Bertz CT molecular complexity index is 662. The molecule has 2 aromatic rings. The molecule has 0 saturated heterocycles. The summed E-state index contributed by atoms with van der Waals surface area (Å²) in [5.41, 5.74) is 4.48. The molecule has 1 amide bonds. The lowest BCUT2D eigenvalue weighted by Crippen LogP contribution is -2.48. The van der Waals surface area contributed by atoms with Crippen LogP contribution in [-0.4, -0.2) is 11.9 Å². The maximum atomic E-state index is 12.7. The van der Waals surface area contributed by atoms with Gasteiger partial charge in [0.2, 0.25) is 0 Å². The molecule has 1 unspecified atom stereocenters. The Hall–Kier alpha value is -2.09. The number of rotatable bonds is 0. The minimum absolute atomic E-state index is 0.166. The highest BCUT2D eigenvalue weighted by Crippen LogP contribution is 2.36. The van der Waals surface area contributed by atoms with Crippen LogP contribution in [0.25, 0.3) is 0 Å². The summed E-state index contributed by atoms with van der Waals surface area (Å²) in [4.78, 5) is 14.8. The highest BCUT2D eigenvalue weighted by atomic mass is 16.2. The van der Waals surface area contributed by atoms with Crippen LogP contribution in [0, 0.1) is 0 Å². The van der Waals surface area contributed by atoms with E-state index in [0.717, 1.165) is 30.5 Å². The van der Waals surface area contributed by atoms with E-state index in [0.29, 0.717) is 6.04 Å². The van der Waals surface area contributed by atoms with Gasteiger partial charge in [0.15, 0.2) is 0 Å². The van der Waals surface area contributed by atoms with Crippen LogP contribution >= 0.6 is 0 Å². The monoisotopic (exact) mass is 249 g/mol. The number of hydrogen-bond acceptors (Lipinski definition) is 1. The van der Waals surface area contributed by atoms with E-state index in [1.54, 1.807) is 0 Å². The van der Waals surface area contributed by atoms with Gasteiger partial charge in [0, 0.05) is 17.3 Å². The van der Waals surface area contributed by atoms with Crippen LogP contribution in [0.1, 0.15) is 27.9 Å². The van der Waals surface area contributed by atoms with Crippen LogP contribution < -0.4 is 4.90 Å². The molecular weight excluding hydrogens is 234 g/mol. The number of para-hydroxylation sites is 1. The molecule has 0 N–H and O–H groups in total. The zero-order valence-corrected chi connectivity index (χ0v) is 10.7. The highest BCUT2D eigenvalue weighted by Gasteiger charge is 2.36. The second kappa shape index (κ2) is 3.95. The van der Waals surface area contributed by atoms with Gasteiger partial charge in [-0.15, -0.1) is 0 Å². The van der Waals surface area contributed by atoms with Gasteiger partial charge in [0.1, 0.15) is 0 Å². The van der Waals surface area contributed by atoms with E-state index in [2.05, 4.69) is 24.3 Å². The molecular formula is C17H15NO. The number of carbonyl (C=O) groups is 1.